The SMILES string of the molecule is CCOc1ccc2c(c1C(=O)O)OB(O)C(C)O2. The van der Waals surface area contributed by atoms with Crippen molar-refractivity contribution in [3.63, 3.8) is 0 Å². The Morgan fingerprint density at radius 2 is 2.28 bits per heavy atom. The van der Waals surface area contributed by atoms with E-state index in [2.05, 4.69) is 0 Å². The van der Waals surface area contributed by atoms with Gasteiger partial charge in [-0.25, -0.2) is 4.79 Å². The maximum atomic E-state index is 11.3. The van der Waals surface area contributed by atoms with Crippen LogP contribution in [0.15, 0.2) is 12.1 Å². The van der Waals surface area contributed by atoms with Gasteiger partial charge in [-0.15, -0.1) is 0 Å². The fraction of sp³-hybridized carbons (Fsp3) is 0.364. The zero-order valence-electron chi connectivity index (χ0n) is 10.0. The van der Waals surface area contributed by atoms with Gasteiger partial charge in [-0.05, 0) is 26.0 Å². The number of carboxylic acid groups (broad SMARTS) is 1. The minimum absolute atomic E-state index is 0.000880. The summed E-state index contributed by atoms with van der Waals surface area (Å²) in [6.07, 6.45) is 0. The normalized spacial score (nSPS) is 17.5. The largest absolute Gasteiger partial charge is 0.566 e. The summed E-state index contributed by atoms with van der Waals surface area (Å²) in [6, 6.07) is 2.52. The number of benzene rings is 1. The van der Waals surface area contributed by atoms with Crippen molar-refractivity contribution in [3.05, 3.63) is 17.7 Å². The van der Waals surface area contributed by atoms with Crippen LogP contribution < -0.4 is 14.1 Å². The molecule has 2 rings (SSSR count). The molecule has 0 fully saturated rings. The number of hydrogen-bond donors (Lipinski definition) is 2. The maximum Gasteiger partial charge on any atom is 0.566 e. The maximum absolute atomic E-state index is 11.3. The Hall–Kier alpha value is -1.89. The van der Waals surface area contributed by atoms with E-state index >= 15 is 0 Å². The molecular formula is C11H13BO6. The highest BCUT2D eigenvalue weighted by atomic mass is 16.6. The summed E-state index contributed by atoms with van der Waals surface area (Å²) in [5.74, 6) is -0.720. The molecule has 1 aromatic carbocycles. The van der Waals surface area contributed by atoms with Crippen LogP contribution in [-0.2, 0) is 0 Å². The fourth-order valence-electron chi connectivity index (χ4n) is 1.71. The second-order valence-electron chi connectivity index (χ2n) is 3.84. The molecule has 96 valence electrons. The first-order valence-corrected chi connectivity index (χ1v) is 5.59. The summed E-state index contributed by atoms with van der Waals surface area (Å²) in [5, 5.41) is 18.8. The molecule has 1 atom stereocenters. The van der Waals surface area contributed by atoms with Crippen molar-refractivity contribution in [2.24, 2.45) is 0 Å². The van der Waals surface area contributed by atoms with Gasteiger partial charge in [0.1, 0.15) is 17.3 Å². The first-order chi connectivity index (χ1) is 8.54. The van der Waals surface area contributed by atoms with Crippen LogP contribution in [0.5, 0.6) is 17.2 Å². The van der Waals surface area contributed by atoms with Crippen molar-refractivity contribution in [2.75, 3.05) is 6.61 Å². The fourth-order valence-corrected chi connectivity index (χ4v) is 1.71. The molecule has 0 aliphatic carbocycles. The van der Waals surface area contributed by atoms with E-state index < -0.39 is 19.1 Å². The van der Waals surface area contributed by atoms with Gasteiger partial charge in [0, 0.05) is 0 Å². The molecule has 2 N–H and O–H groups in total. The second kappa shape index (κ2) is 4.77. The molecule has 1 heterocycles. The molecule has 0 saturated heterocycles. The van der Waals surface area contributed by atoms with Crippen LogP contribution in [-0.4, -0.2) is 35.8 Å². The number of hydrogen-bond acceptors (Lipinski definition) is 5. The molecule has 6 nitrogen and oxygen atoms in total. The van der Waals surface area contributed by atoms with Gasteiger partial charge in [0.2, 0.25) is 0 Å². The number of aromatic carboxylic acids is 1. The highest BCUT2D eigenvalue weighted by molar-refractivity contribution is 6.46. The van der Waals surface area contributed by atoms with Crippen LogP contribution in [0.4, 0.5) is 0 Å². The number of carbonyl (C=O) groups is 1. The lowest BCUT2D eigenvalue weighted by molar-refractivity contribution is 0.0687. The van der Waals surface area contributed by atoms with Gasteiger partial charge in [-0.1, -0.05) is 0 Å². The van der Waals surface area contributed by atoms with Gasteiger partial charge < -0.3 is 24.3 Å². The van der Waals surface area contributed by atoms with E-state index in [1.807, 2.05) is 0 Å². The number of ether oxygens (including phenoxy) is 2. The molecule has 0 amide bonds. The predicted octanol–water partition coefficient (Wildman–Crippen LogP) is 0.963. The Morgan fingerprint density at radius 1 is 1.56 bits per heavy atom. The van der Waals surface area contributed by atoms with Gasteiger partial charge in [-0.2, -0.15) is 0 Å². The van der Waals surface area contributed by atoms with E-state index in [-0.39, 0.29) is 22.8 Å². The van der Waals surface area contributed by atoms with Gasteiger partial charge >= 0.3 is 13.1 Å². The van der Waals surface area contributed by atoms with E-state index in [0.717, 1.165) is 0 Å². The summed E-state index contributed by atoms with van der Waals surface area (Å²) in [7, 11) is -1.20. The van der Waals surface area contributed by atoms with Crippen LogP contribution in [0.25, 0.3) is 0 Å². The minimum atomic E-state index is -1.20. The van der Waals surface area contributed by atoms with Crippen molar-refractivity contribution in [3.8, 4) is 17.2 Å². The highest BCUT2D eigenvalue weighted by Gasteiger charge is 2.37. The van der Waals surface area contributed by atoms with Crippen molar-refractivity contribution in [2.45, 2.75) is 19.9 Å². The van der Waals surface area contributed by atoms with Gasteiger partial charge in [0.15, 0.2) is 11.5 Å². The van der Waals surface area contributed by atoms with E-state index in [9.17, 15) is 14.9 Å². The zero-order valence-corrected chi connectivity index (χ0v) is 10.0. The van der Waals surface area contributed by atoms with Gasteiger partial charge in [0.25, 0.3) is 0 Å². The lowest BCUT2D eigenvalue weighted by atomic mass is 9.81. The van der Waals surface area contributed by atoms with Crippen LogP contribution >= 0.6 is 0 Å². The summed E-state index contributed by atoms with van der Waals surface area (Å²) in [4.78, 5) is 11.3. The minimum Gasteiger partial charge on any atom is -0.531 e. The molecule has 0 spiro atoms. The Kier molecular flexibility index (Phi) is 3.33. The average Bonchev–Trinajstić information content (AvgIpc) is 2.31. The quantitative estimate of drug-likeness (QED) is 0.779. The van der Waals surface area contributed by atoms with Crippen LogP contribution in [0, 0.1) is 0 Å². The molecule has 0 radical (unpaired) electrons. The van der Waals surface area contributed by atoms with Crippen molar-refractivity contribution in [1.82, 2.24) is 0 Å². The second-order valence-corrected chi connectivity index (χ2v) is 3.84. The molecule has 0 aromatic heterocycles. The summed E-state index contributed by atoms with van der Waals surface area (Å²) >= 11 is 0. The molecule has 1 aliphatic rings. The lowest BCUT2D eigenvalue weighted by Crippen LogP contribution is -2.42. The highest BCUT2D eigenvalue weighted by Crippen LogP contribution is 2.40. The first-order valence-electron chi connectivity index (χ1n) is 5.59. The summed E-state index contributed by atoms with van der Waals surface area (Å²) < 4.78 is 15.8. The Balaban J connectivity index is 2.52. The van der Waals surface area contributed by atoms with Crippen molar-refractivity contribution in [1.29, 1.82) is 0 Å². The van der Waals surface area contributed by atoms with Gasteiger partial charge in [0.05, 0.1) is 6.61 Å². The number of carboxylic acids is 1. The monoisotopic (exact) mass is 252 g/mol. The van der Waals surface area contributed by atoms with E-state index in [0.29, 0.717) is 6.61 Å². The van der Waals surface area contributed by atoms with Crippen LogP contribution in [0.2, 0.25) is 0 Å². The van der Waals surface area contributed by atoms with Gasteiger partial charge in [-0.3, -0.25) is 0 Å². The van der Waals surface area contributed by atoms with Crippen LogP contribution in [0.1, 0.15) is 24.2 Å². The zero-order chi connectivity index (χ0) is 13.3. The van der Waals surface area contributed by atoms with Crippen molar-refractivity contribution < 1.29 is 29.1 Å². The van der Waals surface area contributed by atoms with E-state index in [4.69, 9.17) is 14.1 Å². The molecule has 7 heteroatoms. The summed E-state index contributed by atoms with van der Waals surface area (Å²) in [5.41, 5.74) is -0.139. The molecule has 18 heavy (non-hydrogen) atoms. The molecule has 0 bridgehead atoms. The Labute approximate surface area is 104 Å². The standard InChI is InChI=1S/C11H13BO6/c1-3-16-7-4-5-8-10(9(7)11(13)14)18-12(15)6(2)17-8/h4-6,15H,3H2,1-2H3,(H,13,14). The first kappa shape index (κ1) is 12.6. The Bertz CT molecular complexity index is 475. The molecule has 1 unspecified atom stereocenters. The predicted molar refractivity (Wildman–Crippen MR) is 63.3 cm³/mol. The smallest absolute Gasteiger partial charge is 0.531 e. The summed E-state index contributed by atoms with van der Waals surface area (Å²) in [6.45, 7) is 3.71. The number of rotatable bonds is 3. The van der Waals surface area contributed by atoms with E-state index in [1.54, 1.807) is 19.9 Å². The third kappa shape index (κ3) is 2.09. The molecule has 1 aliphatic heterocycles. The third-order valence-electron chi connectivity index (χ3n) is 2.55. The average molecular weight is 252 g/mol. The topological polar surface area (TPSA) is 85.2 Å². The third-order valence-corrected chi connectivity index (χ3v) is 2.55. The number of fused-ring (bicyclic) bond motifs is 1. The van der Waals surface area contributed by atoms with E-state index in [1.165, 1.54) is 6.07 Å². The molecule has 1 aromatic rings. The molecular weight excluding hydrogens is 239 g/mol. The van der Waals surface area contributed by atoms with Crippen LogP contribution in [0.3, 0.4) is 0 Å². The lowest BCUT2D eigenvalue weighted by Gasteiger charge is -2.27. The Morgan fingerprint density at radius 3 is 2.89 bits per heavy atom. The molecule has 0 saturated carbocycles. The van der Waals surface area contributed by atoms with Crippen molar-refractivity contribution >= 4 is 13.1 Å².